The number of rotatable bonds is 7. The van der Waals surface area contributed by atoms with E-state index in [2.05, 4.69) is 45.5 Å². The molecule has 4 aromatic carbocycles. The molecular weight excluding hydrogens is 438 g/mol. The van der Waals surface area contributed by atoms with Crippen molar-refractivity contribution in [1.29, 1.82) is 0 Å². The summed E-state index contributed by atoms with van der Waals surface area (Å²) in [7, 11) is 1.66. The maximum Gasteiger partial charge on any atom is 0.118 e. The van der Waals surface area contributed by atoms with E-state index in [0.717, 1.165) is 32.4 Å². The lowest BCUT2D eigenvalue weighted by Crippen LogP contribution is -2.15. The van der Waals surface area contributed by atoms with Crippen molar-refractivity contribution >= 4 is 32.4 Å². The van der Waals surface area contributed by atoms with Crippen molar-refractivity contribution in [3.05, 3.63) is 107 Å². The molecule has 0 amide bonds. The molecular formula is C26H24BrNO2. The van der Waals surface area contributed by atoms with E-state index in [1.165, 1.54) is 5.39 Å². The van der Waals surface area contributed by atoms with Gasteiger partial charge in [0.25, 0.3) is 0 Å². The van der Waals surface area contributed by atoms with Crippen LogP contribution in [0.5, 0.6) is 5.75 Å². The first-order valence-electron chi connectivity index (χ1n) is 9.95. The summed E-state index contributed by atoms with van der Waals surface area (Å²) < 4.78 is 6.33. The summed E-state index contributed by atoms with van der Waals surface area (Å²) in [6.07, 6.45) is -0.0505. The average Bonchev–Trinajstić information content (AvgIpc) is 2.79. The number of anilines is 1. The largest absolute Gasteiger partial charge is 0.497 e. The highest BCUT2D eigenvalue weighted by atomic mass is 79.9. The highest BCUT2D eigenvalue weighted by Gasteiger charge is 2.18. The van der Waals surface area contributed by atoms with Gasteiger partial charge in [-0.1, -0.05) is 64.5 Å². The number of halogens is 1. The van der Waals surface area contributed by atoms with Gasteiger partial charge in [-0.05, 0) is 64.4 Å². The molecule has 152 valence electrons. The predicted molar refractivity (Wildman–Crippen MR) is 127 cm³/mol. The summed E-state index contributed by atoms with van der Waals surface area (Å²) in [6.45, 7) is 0. The number of aliphatic hydroxyl groups is 1. The van der Waals surface area contributed by atoms with Crippen LogP contribution >= 0.6 is 15.9 Å². The first-order valence-corrected chi connectivity index (χ1v) is 10.7. The minimum Gasteiger partial charge on any atom is -0.497 e. The van der Waals surface area contributed by atoms with Gasteiger partial charge in [0.05, 0.1) is 19.3 Å². The zero-order valence-corrected chi connectivity index (χ0v) is 18.3. The highest BCUT2D eigenvalue weighted by Crippen LogP contribution is 2.32. The SMILES string of the molecule is COc1ccc(C(CC(O)c2ccc3ccccc3c2)Nc2ccc(Br)cc2)cc1. The van der Waals surface area contributed by atoms with Crippen LogP contribution in [0.2, 0.25) is 0 Å². The molecule has 2 atom stereocenters. The Morgan fingerprint density at radius 2 is 1.50 bits per heavy atom. The molecule has 0 aliphatic heterocycles. The zero-order valence-electron chi connectivity index (χ0n) is 16.8. The third kappa shape index (κ3) is 4.84. The van der Waals surface area contributed by atoms with E-state index in [9.17, 15) is 5.11 Å². The van der Waals surface area contributed by atoms with Crippen molar-refractivity contribution in [2.24, 2.45) is 0 Å². The smallest absolute Gasteiger partial charge is 0.118 e. The Labute approximate surface area is 185 Å². The fourth-order valence-corrected chi connectivity index (χ4v) is 3.90. The number of hydrogen-bond acceptors (Lipinski definition) is 3. The van der Waals surface area contributed by atoms with E-state index in [-0.39, 0.29) is 6.04 Å². The molecule has 0 aromatic heterocycles. The average molecular weight is 462 g/mol. The maximum absolute atomic E-state index is 11.1. The highest BCUT2D eigenvalue weighted by molar-refractivity contribution is 9.10. The van der Waals surface area contributed by atoms with Crippen molar-refractivity contribution in [1.82, 2.24) is 0 Å². The molecule has 0 spiro atoms. The van der Waals surface area contributed by atoms with Gasteiger partial charge in [0.2, 0.25) is 0 Å². The van der Waals surface area contributed by atoms with Crippen LogP contribution in [0.1, 0.15) is 29.7 Å². The van der Waals surface area contributed by atoms with Crippen LogP contribution in [-0.2, 0) is 0 Å². The van der Waals surface area contributed by atoms with Gasteiger partial charge in [-0.2, -0.15) is 0 Å². The second kappa shape index (κ2) is 9.33. The number of benzene rings is 4. The minimum absolute atomic E-state index is 0.0569. The predicted octanol–water partition coefficient (Wildman–Crippen LogP) is 6.89. The molecule has 2 unspecified atom stereocenters. The number of methoxy groups -OCH3 is 1. The van der Waals surface area contributed by atoms with Gasteiger partial charge in [0.15, 0.2) is 0 Å². The summed E-state index contributed by atoms with van der Waals surface area (Å²) in [4.78, 5) is 0. The molecule has 0 radical (unpaired) electrons. The van der Waals surface area contributed by atoms with Crippen LogP contribution < -0.4 is 10.1 Å². The van der Waals surface area contributed by atoms with Crippen molar-refractivity contribution in [2.75, 3.05) is 12.4 Å². The van der Waals surface area contributed by atoms with Gasteiger partial charge in [-0.3, -0.25) is 0 Å². The molecule has 0 aliphatic carbocycles. The molecule has 0 bridgehead atoms. The van der Waals surface area contributed by atoms with Crippen LogP contribution in [0.4, 0.5) is 5.69 Å². The van der Waals surface area contributed by atoms with E-state index < -0.39 is 6.10 Å². The minimum atomic E-state index is -0.593. The third-order valence-corrected chi connectivity index (χ3v) is 5.85. The lowest BCUT2D eigenvalue weighted by atomic mass is 9.95. The maximum atomic E-state index is 11.1. The van der Waals surface area contributed by atoms with Gasteiger partial charge in [0.1, 0.15) is 5.75 Å². The van der Waals surface area contributed by atoms with Crippen LogP contribution in [0, 0.1) is 0 Å². The Bertz CT molecular complexity index is 1110. The fourth-order valence-electron chi connectivity index (χ4n) is 3.64. The Kier molecular flexibility index (Phi) is 6.36. The quantitative estimate of drug-likeness (QED) is 0.314. The van der Waals surface area contributed by atoms with E-state index in [1.54, 1.807) is 7.11 Å². The Morgan fingerprint density at radius 1 is 0.833 bits per heavy atom. The van der Waals surface area contributed by atoms with E-state index in [0.29, 0.717) is 6.42 Å². The molecule has 0 fully saturated rings. The number of fused-ring (bicyclic) bond motifs is 1. The summed E-state index contributed by atoms with van der Waals surface area (Å²) in [6, 6.07) is 30.4. The number of aliphatic hydroxyl groups excluding tert-OH is 1. The Balaban J connectivity index is 1.60. The lowest BCUT2D eigenvalue weighted by molar-refractivity contribution is 0.161. The van der Waals surface area contributed by atoms with E-state index in [4.69, 9.17) is 4.74 Å². The van der Waals surface area contributed by atoms with Crippen molar-refractivity contribution in [3.63, 3.8) is 0 Å². The van der Waals surface area contributed by atoms with Crippen molar-refractivity contribution in [3.8, 4) is 5.75 Å². The molecule has 0 saturated carbocycles. The molecule has 4 rings (SSSR count). The molecule has 4 aromatic rings. The molecule has 0 aliphatic rings. The summed E-state index contributed by atoms with van der Waals surface area (Å²) in [5, 5.41) is 16.9. The summed E-state index contributed by atoms with van der Waals surface area (Å²) >= 11 is 3.48. The van der Waals surface area contributed by atoms with Crippen LogP contribution in [0.3, 0.4) is 0 Å². The zero-order chi connectivity index (χ0) is 20.9. The third-order valence-electron chi connectivity index (χ3n) is 5.32. The Hall–Kier alpha value is -2.82. The summed E-state index contributed by atoms with van der Waals surface area (Å²) in [5.41, 5.74) is 3.02. The number of nitrogens with one attached hydrogen (secondary N) is 1. The monoisotopic (exact) mass is 461 g/mol. The van der Waals surface area contributed by atoms with E-state index >= 15 is 0 Å². The van der Waals surface area contributed by atoms with Gasteiger partial charge in [-0.15, -0.1) is 0 Å². The second-order valence-electron chi connectivity index (χ2n) is 7.34. The molecule has 30 heavy (non-hydrogen) atoms. The number of hydrogen-bond donors (Lipinski definition) is 2. The number of ether oxygens (including phenoxy) is 1. The molecule has 3 nitrogen and oxygen atoms in total. The topological polar surface area (TPSA) is 41.5 Å². The van der Waals surface area contributed by atoms with Gasteiger partial charge >= 0.3 is 0 Å². The molecule has 0 heterocycles. The fraction of sp³-hybridized carbons (Fsp3) is 0.154. The molecule has 2 N–H and O–H groups in total. The van der Waals surface area contributed by atoms with E-state index in [1.807, 2.05) is 66.7 Å². The molecule has 4 heteroatoms. The first kappa shape index (κ1) is 20.5. The second-order valence-corrected chi connectivity index (χ2v) is 8.25. The van der Waals surface area contributed by atoms with Gasteiger partial charge in [0, 0.05) is 16.6 Å². The van der Waals surface area contributed by atoms with Crippen LogP contribution in [-0.4, -0.2) is 12.2 Å². The first-order chi connectivity index (χ1) is 14.6. The van der Waals surface area contributed by atoms with Gasteiger partial charge < -0.3 is 15.2 Å². The van der Waals surface area contributed by atoms with Crippen molar-refractivity contribution < 1.29 is 9.84 Å². The standard InChI is InChI=1S/C26H24BrNO2/c1-30-24-14-8-19(9-15-24)25(28-23-12-10-22(27)11-13-23)17-26(29)21-7-6-18-4-2-3-5-20(18)16-21/h2-16,25-26,28-29H,17H2,1H3. The van der Waals surface area contributed by atoms with Crippen LogP contribution in [0.25, 0.3) is 10.8 Å². The summed E-state index contributed by atoms with van der Waals surface area (Å²) in [5.74, 6) is 0.816. The van der Waals surface area contributed by atoms with Crippen LogP contribution in [0.15, 0.2) is 95.5 Å². The van der Waals surface area contributed by atoms with Crippen molar-refractivity contribution in [2.45, 2.75) is 18.6 Å². The lowest BCUT2D eigenvalue weighted by Gasteiger charge is -2.24. The molecule has 0 saturated heterocycles. The van der Waals surface area contributed by atoms with Gasteiger partial charge in [-0.25, -0.2) is 0 Å². The normalized spacial score (nSPS) is 13.0. The Morgan fingerprint density at radius 3 is 2.20 bits per heavy atom.